The van der Waals surface area contributed by atoms with Crippen molar-refractivity contribution in [3.8, 4) is 69.3 Å². The third-order valence-corrected chi connectivity index (χ3v) is 14.4. The molecule has 74 heavy (non-hydrogen) atoms. The molecule has 0 bridgehead atoms. The van der Waals surface area contributed by atoms with E-state index >= 15 is 13.2 Å². The Kier molecular flexibility index (Phi) is 9.69. The summed E-state index contributed by atoms with van der Waals surface area (Å²) in [5.41, 5.74) is 4.66. The molecule has 0 N–H and O–H groups in total. The first-order chi connectivity index (χ1) is 36.3. The fourth-order valence-corrected chi connectivity index (χ4v) is 11.8. The summed E-state index contributed by atoms with van der Waals surface area (Å²) >= 11 is 0. The molecule has 342 valence electrons. The Hall–Kier alpha value is -10.6. The highest BCUT2D eigenvalue weighted by molar-refractivity contribution is 6.35. The first-order valence-electron chi connectivity index (χ1n) is 23.4. The van der Waals surface area contributed by atoms with E-state index in [1.807, 2.05) is 140 Å². The Morgan fingerprint density at radius 2 is 0.581 bits per heavy atom. The summed E-state index contributed by atoms with van der Waals surface area (Å²) < 4.78 is 48.4. The van der Waals surface area contributed by atoms with Gasteiger partial charge in [0.25, 0.3) is 0 Å². The topological polar surface area (TPSA) is 145 Å². The minimum absolute atomic E-state index is 0.122. The van der Waals surface area contributed by atoms with Crippen LogP contribution in [-0.4, -0.2) is 0 Å². The van der Waals surface area contributed by atoms with Crippen LogP contribution in [0, 0.1) is 45.8 Å². The molecule has 13 aromatic rings. The maximum atomic E-state index is 16.1. The normalized spacial score (nSPS) is 13.1. The van der Waals surface area contributed by atoms with Gasteiger partial charge in [0, 0.05) is 81.3 Å². The van der Waals surface area contributed by atoms with Crippen molar-refractivity contribution in [3.63, 3.8) is 0 Å². The highest BCUT2D eigenvalue weighted by Crippen LogP contribution is 2.51. The summed E-state index contributed by atoms with van der Waals surface area (Å²) in [5, 5.41) is 49.7. The largest absolute Gasteiger partial charge is 0.417 e. The van der Waals surface area contributed by atoms with Crippen molar-refractivity contribution >= 4 is 86.2 Å². The Labute approximate surface area is 417 Å². The molecule has 0 saturated heterocycles. The minimum atomic E-state index is -4.95. The van der Waals surface area contributed by atoms with Gasteiger partial charge >= 0.3 is 6.18 Å². The highest BCUT2D eigenvalue weighted by atomic mass is 19.4. The molecule has 0 aliphatic rings. The predicted molar refractivity (Wildman–Crippen MR) is 283 cm³/mol. The lowest BCUT2D eigenvalue weighted by atomic mass is 9.88. The summed E-state index contributed by atoms with van der Waals surface area (Å²) in [6.07, 6.45) is 2.89. The van der Waals surface area contributed by atoms with E-state index in [-0.39, 0.29) is 37.6 Å². The summed E-state index contributed by atoms with van der Waals surface area (Å²) in [6, 6.07) is 54.4. The molecule has 0 aliphatic carbocycles. The van der Waals surface area contributed by atoms with Crippen molar-refractivity contribution in [2.75, 3.05) is 0 Å². The molecule has 0 amide bonds. The van der Waals surface area contributed by atoms with Gasteiger partial charge in [0.2, 0.25) is 24.8 Å². The van der Waals surface area contributed by atoms with E-state index in [9.17, 15) is 21.0 Å². The standard InChI is InChI=1S/C63H29F3N8/c64-63(65,66)58-53-40-21-11-13-23-44(40)60(72-31-68)56(53)49(36-18-8-3-9-19-36)52-42-27-25-38(29-46(42)62(57(52)58)74-33-70)37-24-26-41-45(28-37)61(73-32-69)55-47(34-14-4-1-5-15-34)50-39-20-10-12-22-43(39)59(71-30-67)54(50)48(51(41)55)35-16-6-2-7-17-35/h1-29H/b71-59+,72-60+,73-61+,74-62+. The number of alkyl halides is 3. The number of nitrogens with zero attached hydrogens (tertiary/aromatic N) is 8. The molecule has 0 fully saturated rings. The average molecular weight is 955 g/mol. The quantitative estimate of drug-likeness (QED) is 0.162. The molecule has 11 heteroatoms. The van der Waals surface area contributed by atoms with Crippen LogP contribution in [-0.2, 0) is 6.18 Å². The molecule has 8 nitrogen and oxygen atoms in total. The zero-order valence-corrected chi connectivity index (χ0v) is 38.5. The first kappa shape index (κ1) is 43.4. The van der Waals surface area contributed by atoms with Crippen LogP contribution < -0.4 is 21.4 Å². The van der Waals surface area contributed by atoms with Crippen molar-refractivity contribution in [1.29, 1.82) is 21.0 Å². The fraction of sp³-hybridized carbons (Fsp3) is 0.0159. The van der Waals surface area contributed by atoms with Crippen molar-refractivity contribution in [1.82, 2.24) is 0 Å². The molecule has 0 atom stereocenters. The molecule has 0 heterocycles. The number of nitriles is 4. The van der Waals surface area contributed by atoms with Crippen molar-refractivity contribution in [3.05, 3.63) is 203 Å². The van der Waals surface area contributed by atoms with E-state index in [1.54, 1.807) is 48.5 Å². The maximum absolute atomic E-state index is 16.1. The number of halogens is 3. The van der Waals surface area contributed by atoms with Crippen LogP contribution in [0.15, 0.2) is 196 Å². The van der Waals surface area contributed by atoms with Crippen LogP contribution in [0.3, 0.4) is 0 Å². The van der Waals surface area contributed by atoms with Gasteiger partial charge in [0.15, 0.2) is 0 Å². The molecule has 0 radical (unpaired) electrons. The van der Waals surface area contributed by atoms with E-state index in [1.165, 1.54) is 0 Å². The Bertz CT molecular complexity index is 4990. The van der Waals surface area contributed by atoms with Gasteiger partial charge in [0.1, 0.15) is 0 Å². The second-order valence-corrected chi connectivity index (χ2v) is 17.9. The number of rotatable bonds is 4. The van der Waals surface area contributed by atoms with Gasteiger partial charge < -0.3 is 0 Å². The van der Waals surface area contributed by atoms with E-state index in [0.717, 1.165) is 60.0 Å². The van der Waals surface area contributed by atoms with E-state index < -0.39 is 11.7 Å². The lowest BCUT2D eigenvalue weighted by Crippen LogP contribution is -2.12. The number of hydrogen-bond donors (Lipinski definition) is 0. The average Bonchev–Trinajstić information content (AvgIpc) is 4.17. The van der Waals surface area contributed by atoms with Gasteiger partial charge in [0.05, 0.1) is 27.0 Å². The number of hydrogen-bond acceptors (Lipinski definition) is 8. The Morgan fingerprint density at radius 1 is 0.284 bits per heavy atom. The van der Waals surface area contributed by atoms with Gasteiger partial charge in [-0.1, -0.05) is 164 Å². The summed E-state index contributed by atoms with van der Waals surface area (Å²) in [5.74, 6) is 0. The van der Waals surface area contributed by atoms with Gasteiger partial charge in [-0.3, -0.25) is 0 Å². The molecule has 0 aromatic heterocycles. The molecular formula is C63H29F3N8. The van der Waals surface area contributed by atoms with E-state index in [0.29, 0.717) is 54.5 Å². The molecular weight excluding hydrogens is 926 g/mol. The van der Waals surface area contributed by atoms with Crippen molar-refractivity contribution in [2.24, 2.45) is 20.0 Å². The third-order valence-electron chi connectivity index (χ3n) is 14.4. The van der Waals surface area contributed by atoms with E-state index in [4.69, 9.17) is 0 Å². The zero-order valence-electron chi connectivity index (χ0n) is 38.5. The lowest BCUT2D eigenvalue weighted by molar-refractivity contribution is -0.135. The number of benzene rings is 9. The second kappa shape index (κ2) is 16.5. The summed E-state index contributed by atoms with van der Waals surface area (Å²) in [6.45, 7) is 0. The van der Waals surface area contributed by atoms with Crippen LogP contribution in [0.5, 0.6) is 0 Å². The zero-order chi connectivity index (χ0) is 50.4. The SMILES string of the molecule is N#C/N=c1\c2ccccc2c2c(-c3ccccc3)c3/c(=N/C#N)c4cc(-c5ccc6c(c5)/c(=N\C#N)c5c(C(F)(F)F)c7c(c(-c8ccccc8)c56)/c(=N/C#N)c5ccccc57)ccc4c3c(-c3ccccc3)c12. The van der Waals surface area contributed by atoms with Gasteiger partial charge in [-0.15, -0.1) is 0 Å². The van der Waals surface area contributed by atoms with Crippen LogP contribution in [0.1, 0.15) is 5.56 Å². The number of fused-ring (bicyclic) bond motifs is 12. The summed E-state index contributed by atoms with van der Waals surface area (Å²) in [7, 11) is 0. The Balaban J connectivity index is 1.19. The first-order valence-corrected chi connectivity index (χ1v) is 23.4. The molecule has 13 rings (SSSR count). The van der Waals surface area contributed by atoms with Gasteiger partial charge in [-0.25, -0.2) is 0 Å². The van der Waals surface area contributed by atoms with Crippen molar-refractivity contribution in [2.45, 2.75) is 6.18 Å². The molecule has 0 unspecified atom stereocenters. The maximum Gasteiger partial charge on any atom is 0.417 e. The van der Waals surface area contributed by atoms with Crippen LogP contribution in [0.2, 0.25) is 0 Å². The molecule has 0 spiro atoms. The predicted octanol–water partition coefficient (Wildman–Crippen LogP) is 13.9. The molecule has 0 saturated carbocycles. The monoisotopic (exact) mass is 954 g/mol. The van der Waals surface area contributed by atoms with Gasteiger partial charge in [-0.2, -0.15) is 54.2 Å². The molecule has 13 aromatic carbocycles. The second-order valence-electron chi connectivity index (χ2n) is 17.9. The van der Waals surface area contributed by atoms with Crippen molar-refractivity contribution < 1.29 is 13.2 Å². The molecule has 0 aliphatic heterocycles. The van der Waals surface area contributed by atoms with Crippen LogP contribution >= 0.6 is 0 Å². The minimum Gasteiger partial charge on any atom is -0.172 e. The van der Waals surface area contributed by atoms with Crippen LogP contribution in [0.4, 0.5) is 13.2 Å². The van der Waals surface area contributed by atoms with Crippen LogP contribution in [0.25, 0.3) is 131 Å². The Morgan fingerprint density at radius 3 is 0.959 bits per heavy atom. The van der Waals surface area contributed by atoms with E-state index in [2.05, 4.69) is 32.4 Å². The fourth-order valence-electron chi connectivity index (χ4n) is 11.8. The highest BCUT2D eigenvalue weighted by Gasteiger charge is 2.40. The smallest absolute Gasteiger partial charge is 0.172 e. The van der Waals surface area contributed by atoms with Gasteiger partial charge in [-0.05, 0) is 61.5 Å². The summed E-state index contributed by atoms with van der Waals surface area (Å²) in [4.78, 5) is 17.5. The lowest BCUT2D eigenvalue weighted by Gasteiger charge is -2.16. The third kappa shape index (κ3) is 6.12.